The molecule has 0 fully saturated rings. The van der Waals surface area contributed by atoms with Crippen LogP contribution in [0, 0.1) is 0 Å². The summed E-state index contributed by atoms with van der Waals surface area (Å²) >= 11 is 0. The van der Waals surface area contributed by atoms with E-state index >= 15 is 0 Å². The van der Waals surface area contributed by atoms with Gasteiger partial charge in [-0.1, -0.05) is 49.4 Å². The third-order valence-corrected chi connectivity index (χ3v) is 4.21. The van der Waals surface area contributed by atoms with Crippen LogP contribution in [0.1, 0.15) is 30.2 Å². The second kappa shape index (κ2) is 11.4. The Morgan fingerprint density at radius 2 is 1.77 bits per heavy atom. The molecule has 0 saturated carbocycles. The molecule has 6 nitrogen and oxygen atoms in total. The van der Waals surface area contributed by atoms with Gasteiger partial charge in [0.25, 0.3) is 0 Å². The van der Waals surface area contributed by atoms with Gasteiger partial charge in [0.1, 0.15) is 31.0 Å². The van der Waals surface area contributed by atoms with E-state index < -0.39 is 5.97 Å². The van der Waals surface area contributed by atoms with Gasteiger partial charge < -0.3 is 18.6 Å². The van der Waals surface area contributed by atoms with E-state index in [0.717, 1.165) is 23.3 Å². The minimum Gasteiger partial charge on any atom is -0.494 e. The lowest BCUT2D eigenvalue weighted by Gasteiger charge is -2.06. The zero-order valence-corrected chi connectivity index (χ0v) is 17.3. The third kappa shape index (κ3) is 7.19. The lowest BCUT2D eigenvalue weighted by molar-refractivity contribution is -0.139. The van der Waals surface area contributed by atoms with Gasteiger partial charge in [0, 0.05) is 12.1 Å². The van der Waals surface area contributed by atoms with Crippen molar-refractivity contribution in [1.29, 1.82) is 0 Å². The van der Waals surface area contributed by atoms with Crippen LogP contribution in [0.5, 0.6) is 11.5 Å². The van der Waals surface area contributed by atoms with E-state index in [-0.39, 0.29) is 30.2 Å². The summed E-state index contributed by atoms with van der Waals surface area (Å²) in [6.45, 7) is 2.82. The lowest BCUT2D eigenvalue weighted by Crippen LogP contribution is -2.09. The Balaban J connectivity index is 1.47. The summed E-state index contributed by atoms with van der Waals surface area (Å²) in [6.07, 6.45) is 5.13. The van der Waals surface area contributed by atoms with Crippen LogP contribution >= 0.6 is 0 Å². The molecule has 0 amide bonds. The highest BCUT2D eigenvalue weighted by Crippen LogP contribution is 2.14. The molecule has 3 aromatic rings. The van der Waals surface area contributed by atoms with E-state index in [9.17, 15) is 9.59 Å². The Hall–Kier alpha value is -3.80. The van der Waals surface area contributed by atoms with Crippen molar-refractivity contribution in [3.05, 3.63) is 100 Å². The van der Waals surface area contributed by atoms with Crippen LogP contribution in [0.25, 0.3) is 6.08 Å². The number of hydrogen-bond donors (Lipinski definition) is 0. The molecule has 0 aliphatic heterocycles. The fourth-order valence-electron chi connectivity index (χ4n) is 2.60. The van der Waals surface area contributed by atoms with Crippen molar-refractivity contribution in [1.82, 2.24) is 0 Å². The zero-order valence-electron chi connectivity index (χ0n) is 17.3. The van der Waals surface area contributed by atoms with E-state index in [1.807, 2.05) is 61.5 Å². The molecule has 0 spiro atoms. The molecule has 0 N–H and O–H groups in total. The number of rotatable bonds is 10. The van der Waals surface area contributed by atoms with E-state index in [0.29, 0.717) is 6.61 Å². The molecule has 0 atom stereocenters. The van der Waals surface area contributed by atoms with Gasteiger partial charge in [-0.15, -0.1) is 0 Å². The van der Waals surface area contributed by atoms with Crippen LogP contribution in [0.3, 0.4) is 0 Å². The summed E-state index contributed by atoms with van der Waals surface area (Å²) in [7, 11) is 0. The van der Waals surface area contributed by atoms with Gasteiger partial charge in [0.05, 0.1) is 6.61 Å². The van der Waals surface area contributed by atoms with Gasteiger partial charge in [-0.2, -0.15) is 0 Å². The van der Waals surface area contributed by atoms with Gasteiger partial charge in [-0.05, 0) is 35.8 Å². The van der Waals surface area contributed by atoms with Gasteiger partial charge in [-0.25, -0.2) is 4.79 Å². The van der Waals surface area contributed by atoms with Crippen molar-refractivity contribution >= 4 is 12.0 Å². The van der Waals surface area contributed by atoms with Crippen LogP contribution in [-0.2, 0) is 22.7 Å². The number of carbonyl (C=O) groups is 1. The van der Waals surface area contributed by atoms with Crippen LogP contribution in [0.15, 0.2) is 82.2 Å². The first-order valence-electron chi connectivity index (χ1n) is 10.00. The quantitative estimate of drug-likeness (QED) is 0.348. The predicted molar refractivity (Wildman–Crippen MR) is 117 cm³/mol. The molecule has 31 heavy (non-hydrogen) atoms. The molecule has 0 radical (unpaired) electrons. The molecule has 3 rings (SSSR count). The van der Waals surface area contributed by atoms with E-state index in [1.165, 1.54) is 18.4 Å². The second-order valence-electron chi connectivity index (χ2n) is 6.71. The Labute approximate surface area is 180 Å². The van der Waals surface area contributed by atoms with Crippen LogP contribution in [-0.4, -0.2) is 12.6 Å². The molecule has 1 aromatic heterocycles. The molecular weight excluding hydrogens is 396 g/mol. The Morgan fingerprint density at radius 3 is 2.48 bits per heavy atom. The van der Waals surface area contributed by atoms with E-state index in [2.05, 4.69) is 0 Å². The summed E-state index contributed by atoms with van der Waals surface area (Å²) in [6, 6.07) is 18.1. The van der Waals surface area contributed by atoms with Crippen molar-refractivity contribution in [3.8, 4) is 11.5 Å². The van der Waals surface area contributed by atoms with Crippen LogP contribution in [0.2, 0.25) is 0 Å². The maximum absolute atomic E-state index is 12.2. The number of hydrogen-bond acceptors (Lipinski definition) is 6. The molecule has 0 aliphatic carbocycles. The number of carbonyl (C=O) groups excluding carboxylic acids is 1. The van der Waals surface area contributed by atoms with Crippen molar-refractivity contribution in [3.63, 3.8) is 0 Å². The van der Waals surface area contributed by atoms with Crippen molar-refractivity contribution in [2.45, 2.75) is 26.6 Å². The first-order chi connectivity index (χ1) is 15.1. The zero-order chi connectivity index (χ0) is 21.9. The van der Waals surface area contributed by atoms with Gasteiger partial charge in [-0.3, -0.25) is 4.79 Å². The summed E-state index contributed by atoms with van der Waals surface area (Å²) < 4.78 is 21.5. The molecule has 0 unspecified atom stereocenters. The summed E-state index contributed by atoms with van der Waals surface area (Å²) in [5.41, 5.74) is 1.44. The molecule has 0 aliphatic rings. The molecule has 6 heteroatoms. The molecule has 2 aromatic carbocycles. The lowest BCUT2D eigenvalue weighted by atomic mass is 10.2. The number of benzene rings is 2. The minimum absolute atomic E-state index is 0.102. The van der Waals surface area contributed by atoms with Crippen molar-refractivity contribution < 1.29 is 23.4 Å². The molecule has 1 heterocycles. The highest BCUT2D eigenvalue weighted by molar-refractivity contribution is 5.87. The highest BCUT2D eigenvalue weighted by Gasteiger charge is 2.07. The van der Waals surface area contributed by atoms with Crippen LogP contribution in [0.4, 0.5) is 0 Å². The molecular formula is C25H24O6. The predicted octanol–water partition coefficient (Wildman–Crippen LogP) is 4.76. The number of esters is 1. The Kier molecular flexibility index (Phi) is 8.05. The number of ether oxygens (including phenoxy) is 3. The first kappa shape index (κ1) is 21.9. The summed E-state index contributed by atoms with van der Waals surface area (Å²) in [4.78, 5) is 24.1. The standard InChI is InChI=1S/C25H24O6/c1-2-14-28-21-11-8-19(9-12-21)10-13-25(27)31-17-22-15-23(26)24(18-29-22)30-16-20-6-4-3-5-7-20/h3-13,15,18H,2,14,16-17H2,1H3/b13-10+. The van der Waals surface area contributed by atoms with Crippen LogP contribution < -0.4 is 14.9 Å². The first-order valence-corrected chi connectivity index (χ1v) is 10.00. The second-order valence-corrected chi connectivity index (χ2v) is 6.71. The van der Waals surface area contributed by atoms with Gasteiger partial charge in [0.2, 0.25) is 11.2 Å². The molecule has 160 valence electrons. The van der Waals surface area contributed by atoms with E-state index in [1.54, 1.807) is 6.08 Å². The van der Waals surface area contributed by atoms with Gasteiger partial charge >= 0.3 is 5.97 Å². The van der Waals surface area contributed by atoms with E-state index in [4.69, 9.17) is 18.6 Å². The maximum atomic E-state index is 12.2. The fraction of sp³-hybridized carbons (Fsp3) is 0.200. The van der Waals surface area contributed by atoms with Gasteiger partial charge in [0.15, 0.2) is 0 Å². The third-order valence-electron chi connectivity index (χ3n) is 4.21. The summed E-state index contributed by atoms with van der Waals surface area (Å²) in [5, 5.41) is 0. The smallest absolute Gasteiger partial charge is 0.331 e. The average Bonchev–Trinajstić information content (AvgIpc) is 2.80. The average molecular weight is 420 g/mol. The highest BCUT2D eigenvalue weighted by atomic mass is 16.5. The molecule has 0 saturated heterocycles. The minimum atomic E-state index is -0.543. The maximum Gasteiger partial charge on any atom is 0.331 e. The summed E-state index contributed by atoms with van der Waals surface area (Å²) in [5.74, 6) is 0.576. The molecule has 0 bridgehead atoms. The Bertz CT molecular complexity index is 1050. The van der Waals surface area contributed by atoms with Crippen molar-refractivity contribution in [2.24, 2.45) is 0 Å². The topological polar surface area (TPSA) is 75.0 Å². The monoisotopic (exact) mass is 420 g/mol. The van der Waals surface area contributed by atoms with Crippen molar-refractivity contribution in [2.75, 3.05) is 6.61 Å². The Morgan fingerprint density at radius 1 is 1.00 bits per heavy atom. The normalized spacial score (nSPS) is 10.7. The largest absolute Gasteiger partial charge is 0.494 e. The fourth-order valence-corrected chi connectivity index (χ4v) is 2.60. The SMILES string of the molecule is CCCOc1ccc(/C=C/C(=O)OCc2cc(=O)c(OCc3ccccc3)co2)cc1.